The van der Waals surface area contributed by atoms with Crippen molar-refractivity contribution in [1.82, 2.24) is 25.4 Å². The van der Waals surface area contributed by atoms with Crippen LogP contribution in [0.4, 0.5) is 4.79 Å². The van der Waals surface area contributed by atoms with Crippen molar-refractivity contribution >= 4 is 6.03 Å². The first-order valence-electron chi connectivity index (χ1n) is 9.22. The topological polar surface area (TPSA) is 69.7 Å². The number of carbonyl (C=O) groups excluding carboxylic acids is 1. The molecule has 2 aliphatic heterocycles. The van der Waals surface area contributed by atoms with Crippen LogP contribution < -0.4 is 10.6 Å². The van der Waals surface area contributed by atoms with Crippen LogP contribution in [0.25, 0.3) is 0 Å². The minimum atomic E-state index is -0.101. The van der Waals surface area contributed by atoms with E-state index < -0.39 is 0 Å². The van der Waals surface area contributed by atoms with E-state index in [0.29, 0.717) is 12.5 Å². The number of hydrogen-bond acceptors (Lipinski definition) is 5. The fourth-order valence-corrected chi connectivity index (χ4v) is 3.37. The Morgan fingerprint density at radius 3 is 2.84 bits per heavy atom. The molecule has 2 saturated heterocycles. The van der Waals surface area contributed by atoms with Crippen molar-refractivity contribution in [2.24, 2.45) is 5.92 Å². The number of nitrogens with zero attached hydrogens (tertiary/aromatic N) is 3. The number of pyridine rings is 1. The highest BCUT2D eigenvalue weighted by atomic mass is 16.5. The largest absolute Gasteiger partial charge is 0.379 e. The molecule has 2 aliphatic rings. The summed E-state index contributed by atoms with van der Waals surface area (Å²) >= 11 is 0. The van der Waals surface area contributed by atoms with Gasteiger partial charge in [0.15, 0.2) is 0 Å². The van der Waals surface area contributed by atoms with E-state index in [-0.39, 0.29) is 6.03 Å². The third-order valence-electron chi connectivity index (χ3n) is 4.93. The number of hydrogen-bond donors (Lipinski definition) is 2. The summed E-state index contributed by atoms with van der Waals surface area (Å²) in [5.41, 5.74) is 1.01. The summed E-state index contributed by atoms with van der Waals surface area (Å²) in [6.07, 6.45) is 4.66. The van der Waals surface area contributed by atoms with Crippen molar-refractivity contribution in [2.75, 3.05) is 59.0 Å². The number of urea groups is 1. The van der Waals surface area contributed by atoms with Crippen molar-refractivity contribution in [3.63, 3.8) is 0 Å². The molecule has 1 aromatic rings. The van der Waals surface area contributed by atoms with Crippen LogP contribution in [-0.2, 0) is 11.3 Å². The monoisotopic (exact) mass is 347 g/mol. The first-order valence-corrected chi connectivity index (χ1v) is 9.22. The molecule has 7 nitrogen and oxygen atoms in total. The summed E-state index contributed by atoms with van der Waals surface area (Å²) in [6, 6.07) is 3.73. The number of ether oxygens (including phenoxy) is 1. The molecule has 2 fully saturated rings. The van der Waals surface area contributed by atoms with Crippen LogP contribution >= 0.6 is 0 Å². The number of carbonyl (C=O) groups is 1. The molecule has 1 atom stereocenters. The Kier molecular flexibility index (Phi) is 7.02. The van der Waals surface area contributed by atoms with Crippen LogP contribution in [0.3, 0.4) is 0 Å². The van der Waals surface area contributed by atoms with E-state index in [1.807, 2.05) is 12.1 Å². The maximum atomic E-state index is 11.9. The maximum Gasteiger partial charge on any atom is 0.315 e. The lowest BCUT2D eigenvalue weighted by atomic mass is 10.1. The van der Waals surface area contributed by atoms with Crippen molar-refractivity contribution in [3.8, 4) is 0 Å². The molecular formula is C18H29N5O2. The van der Waals surface area contributed by atoms with Gasteiger partial charge in [0.1, 0.15) is 0 Å². The standard InChI is InChI=1S/C18H29N5O2/c24-18(20-13-16-2-1-4-19-12-16)21-14-17-3-5-23(15-17)7-6-22-8-10-25-11-9-22/h1-2,4,12,17H,3,5-11,13-15H2,(H2,20,21,24)/t17-/m1/s1. The van der Waals surface area contributed by atoms with Gasteiger partial charge in [-0.05, 0) is 30.5 Å². The lowest BCUT2D eigenvalue weighted by Gasteiger charge is -2.28. The molecule has 25 heavy (non-hydrogen) atoms. The van der Waals surface area contributed by atoms with Crippen molar-refractivity contribution in [3.05, 3.63) is 30.1 Å². The van der Waals surface area contributed by atoms with Crippen LogP contribution in [0.1, 0.15) is 12.0 Å². The first-order chi connectivity index (χ1) is 12.3. The smallest absolute Gasteiger partial charge is 0.315 e. The highest BCUT2D eigenvalue weighted by molar-refractivity contribution is 5.73. The molecule has 3 heterocycles. The van der Waals surface area contributed by atoms with E-state index in [1.165, 1.54) is 0 Å². The van der Waals surface area contributed by atoms with Crippen molar-refractivity contribution in [1.29, 1.82) is 0 Å². The van der Waals surface area contributed by atoms with Gasteiger partial charge in [-0.15, -0.1) is 0 Å². The minimum Gasteiger partial charge on any atom is -0.379 e. The molecule has 0 aliphatic carbocycles. The number of aromatic nitrogens is 1. The van der Waals surface area contributed by atoms with Crippen LogP contribution in [0, 0.1) is 5.92 Å². The van der Waals surface area contributed by atoms with Gasteiger partial charge in [0.2, 0.25) is 0 Å². The predicted molar refractivity (Wildman–Crippen MR) is 96.3 cm³/mol. The molecule has 0 aromatic carbocycles. The van der Waals surface area contributed by atoms with Crippen molar-refractivity contribution in [2.45, 2.75) is 13.0 Å². The Hall–Kier alpha value is -1.70. The van der Waals surface area contributed by atoms with Crippen LogP contribution in [-0.4, -0.2) is 79.8 Å². The van der Waals surface area contributed by atoms with Gasteiger partial charge in [-0.2, -0.15) is 0 Å². The number of likely N-dealkylation sites (tertiary alicyclic amines) is 1. The average molecular weight is 347 g/mol. The van der Waals surface area contributed by atoms with E-state index in [4.69, 9.17) is 4.74 Å². The molecule has 2 amide bonds. The lowest BCUT2D eigenvalue weighted by molar-refractivity contribution is 0.0343. The van der Waals surface area contributed by atoms with Gasteiger partial charge in [0.25, 0.3) is 0 Å². The average Bonchev–Trinajstić information content (AvgIpc) is 3.13. The summed E-state index contributed by atoms with van der Waals surface area (Å²) in [5.74, 6) is 0.550. The Labute approximate surface area is 149 Å². The second kappa shape index (κ2) is 9.70. The normalized spacial score (nSPS) is 22.0. The van der Waals surface area contributed by atoms with E-state index in [0.717, 1.165) is 71.0 Å². The fourth-order valence-electron chi connectivity index (χ4n) is 3.37. The Balaban J connectivity index is 1.27. The second-order valence-electron chi connectivity index (χ2n) is 6.83. The zero-order valence-corrected chi connectivity index (χ0v) is 14.8. The quantitative estimate of drug-likeness (QED) is 0.753. The third kappa shape index (κ3) is 6.26. The summed E-state index contributed by atoms with van der Waals surface area (Å²) in [4.78, 5) is 20.9. The fraction of sp³-hybridized carbons (Fsp3) is 0.667. The molecule has 2 N–H and O–H groups in total. The summed E-state index contributed by atoms with van der Waals surface area (Å²) in [5, 5.41) is 5.88. The SMILES string of the molecule is O=C(NCc1cccnc1)NC[C@H]1CCN(CCN2CCOCC2)C1. The van der Waals surface area contributed by atoms with Gasteiger partial charge >= 0.3 is 6.03 Å². The van der Waals surface area contributed by atoms with E-state index >= 15 is 0 Å². The molecule has 0 spiro atoms. The zero-order chi connectivity index (χ0) is 17.3. The van der Waals surface area contributed by atoms with Crippen LogP contribution in [0.15, 0.2) is 24.5 Å². The van der Waals surface area contributed by atoms with Gasteiger partial charge in [-0.1, -0.05) is 6.07 Å². The Morgan fingerprint density at radius 2 is 2.04 bits per heavy atom. The van der Waals surface area contributed by atoms with E-state index in [2.05, 4.69) is 25.4 Å². The summed E-state index contributed by atoms with van der Waals surface area (Å²) < 4.78 is 5.39. The molecule has 0 unspecified atom stereocenters. The lowest BCUT2D eigenvalue weighted by Crippen LogP contribution is -2.41. The van der Waals surface area contributed by atoms with E-state index in [9.17, 15) is 4.79 Å². The Morgan fingerprint density at radius 1 is 1.20 bits per heavy atom. The minimum absolute atomic E-state index is 0.101. The number of rotatable bonds is 7. The van der Waals surface area contributed by atoms with Crippen LogP contribution in [0.2, 0.25) is 0 Å². The molecule has 0 saturated carbocycles. The number of nitrogens with one attached hydrogen (secondary N) is 2. The van der Waals surface area contributed by atoms with E-state index in [1.54, 1.807) is 12.4 Å². The maximum absolute atomic E-state index is 11.9. The summed E-state index contributed by atoms with van der Waals surface area (Å²) in [6.45, 7) is 9.52. The van der Waals surface area contributed by atoms with Gasteiger partial charge in [0.05, 0.1) is 13.2 Å². The van der Waals surface area contributed by atoms with Gasteiger partial charge in [0, 0.05) is 58.2 Å². The number of amides is 2. The zero-order valence-electron chi connectivity index (χ0n) is 14.8. The molecular weight excluding hydrogens is 318 g/mol. The molecule has 3 rings (SSSR count). The molecule has 0 bridgehead atoms. The van der Waals surface area contributed by atoms with Crippen molar-refractivity contribution < 1.29 is 9.53 Å². The third-order valence-corrected chi connectivity index (χ3v) is 4.93. The molecule has 7 heteroatoms. The Bertz CT molecular complexity index is 521. The van der Waals surface area contributed by atoms with Gasteiger partial charge in [-0.3, -0.25) is 9.88 Å². The number of morpholine rings is 1. The molecule has 138 valence electrons. The van der Waals surface area contributed by atoms with Gasteiger partial charge in [-0.25, -0.2) is 4.79 Å². The molecule has 0 radical (unpaired) electrons. The second-order valence-corrected chi connectivity index (χ2v) is 6.83. The predicted octanol–water partition coefficient (Wildman–Crippen LogP) is 0.535. The van der Waals surface area contributed by atoms with Crippen LogP contribution in [0.5, 0.6) is 0 Å². The van der Waals surface area contributed by atoms with Gasteiger partial charge < -0.3 is 20.3 Å². The highest BCUT2D eigenvalue weighted by Crippen LogP contribution is 2.15. The summed E-state index contributed by atoms with van der Waals surface area (Å²) in [7, 11) is 0. The molecule has 1 aromatic heterocycles. The first kappa shape index (κ1) is 18.1. The highest BCUT2D eigenvalue weighted by Gasteiger charge is 2.23.